The van der Waals surface area contributed by atoms with Crippen molar-refractivity contribution in [2.45, 2.75) is 0 Å². The molecule has 11 rings (SSSR count). The van der Waals surface area contributed by atoms with E-state index in [0.717, 1.165) is 61.3 Å². The smallest absolute Gasteiger partial charge is 0.159 e. The maximum atomic E-state index is 6.87. The van der Waals surface area contributed by atoms with E-state index in [-0.39, 0.29) is 0 Å². The van der Waals surface area contributed by atoms with Gasteiger partial charge in [-0.15, -0.1) is 0 Å². The fourth-order valence-electron chi connectivity index (χ4n) is 8.61. The molecular weight excluding hydrogens is 679 g/mol. The lowest BCUT2D eigenvalue weighted by Gasteiger charge is -2.31. The summed E-state index contributed by atoms with van der Waals surface area (Å²) in [6.45, 7) is 0. The second-order valence-corrected chi connectivity index (χ2v) is 14.5. The van der Waals surface area contributed by atoms with Crippen molar-refractivity contribution in [1.29, 1.82) is 0 Å². The maximum Gasteiger partial charge on any atom is 0.159 e. The lowest BCUT2D eigenvalue weighted by molar-refractivity contribution is 0.669. The predicted octanol–water partition coefficient (Wildman–Crippen LogP) is 15.5. The van der Waals surface area contributed by atoms with Gasteiger partial charge in [0.25, 0.3) is 0 Å². The van der Waals surface area contributed by atoms with E-state index in [1.54, 1.807) is 0 Å². The largest absolute Gasteiger partial charge is 0.454 e. The Labute approximate surface area is 325 Å². The van der Waals surface area contributed by atoms with Gasteiger partial charge in [-0.05, 0) is 91.0 Å². The van der Waals surface area contributed by atoms with E-state index >= 15 is 0 Å². The van der Waals surface area contributed by atoms with Crippen LogP contribution < -0.4 is 4.90 Å². The van der Waals surface area contributed by atoms with E-state index in [0.29, 0.717) is 0 Å². The number of nitrogens with zero attached hydrogens (tertiary/aromatic N) is 1. The summed E-state index contributed by atoms with van der Waals surface area (Å²) in [5, 5.41) is 9.40. The first-order chi connectivity index (χ1) is 27.8. The summed E-state index contributed by atoms with van der Waals surface area (Å²) < 4.78 is 6.87. The molecule has 0 fully saturated rings. The molecule has 1 heterocycles. The summed E-state index contributed by atoms with van der Waals surface area (Å²) in [4.78, 5) is 2.45. The van der Waals surface area contributed by atoms with Crippen LogP contribution in [0.25, 0.3) is 87.6 Å². The zero-order chi connectivity index (χ0) is 37.0. The molecule has 0 atom stereocenters. The first-order valence-electron chi connectivity index (χ1n) is 19.2. The van der Waals surface area contributed by atoms with E-state index in [2.05, 4.69) is 211 Å². The number of para-hydroxylation sites is 2. The predicted molar refractivity (Wildman–Crippen MR) is 237 cm³/mol. The molecule has 0 spiro atoms. The fraction of sp³-hybridized carbons (Fsp3) is 0. The molecule has 0 aliphatic rings. The van der Waals surface area contributed by atoms with Crippen LogP contribution >= 0.6 is 0 Å². The van der Waals surface area contributed by atoms with Crippen molar-refractivity contribution in [3.63, 3.8) is 0 Å². The molecule has 0 aliphatic carbocycles. The average Bonchev–Trinajstić information content (AvgIpc) is 3.66. The van der Waals surface area contributed by atoms with Crippen LogP contribution in [0.1, 0.15) is 0 Å². The number of benzene rings is 10. The third-order valence-corrected chi connectivity index (χ3v) is 11.2. The van der Waals surface area contributed by atoms with Crippen molar-refractivity contribution in [3.05, 3.63) is 212 Å². The van der Waals surface area contributed by atoms with E-state index in [4.69, 9.17) is 4.42 Å². The van der Waals surface area contributed by atoms with E-state index in [1.807, 2.05) is 6.07 Å². The standard InChI is InChI=1S/C54H35NO/c1-2-14-36(15-3-1)41-31-32-49(48(35-41)45-24-12-20-38-17-6-8-21-43(38)45)55(51-26-13-25-47-46-23-10-11-27-52(46)56-54(47)51)50-33-30-39-18-7-9-22-44(39)53(50)42-29-28-37-16-4-5-19-40(37)34-42/h1-35H. The molecule has 262 valence electrons. The quantitative estimate of drug-likeness (QED) is 0.171. The summed E-state index contributed by atoms with van der Waals surface area (Å²) in [5.74, 6) is 0. The molecule has 1 aromatic heterocycles. The first-order valence-corrected chi connectivity index (χ1v) is 19.2. The van der Waals surface area contributed by atoms with Gasteiger partial charge in [-0.25, -0.2) is 0 Å². The van der Waals surface area contributed by atoms with Gasteiger partial charge in [-0.1, -0.05) is 176 Å². The molecule has 0 radical (unpaired) electrons. The molecule has 0 N–H and O–H groups in total. The first kappa shape index (κ1) is 32.0. The second-order valence-electron chi connectivity index (χ2n) is 14.5. The Kier molecular flexibility index (Phi) is 7.53. The van der Waals surface area contributed by atoms with Crippen LogP contribution in [0.15, 0.2) is 217 Å². The Hall–Kier alpha value is -7.42. The number of anilines is 3. The SMILES string of the molecule is c1ccc(-c2ccc(N(c3ccc4ccccc4c3-c3ccc4ccccc4c3)c3cccc4c3oc3ccccc34)c(-c3cccc4ccccc34)c2)cc1. The van der Waals surface area contributed by atoms with Gasteiger partial charge in [0.05, 0.1) is 17.1 Å². The van der Waals surface area contributed by atoms with Crippen molar-refractivity contribution >= 4 is 71.3 Å². The van der Waals surface area contributed by atoms with Gasteiger partial charge in [0.1, 0.15) is 5.58 Å². The Morgan fingerprint density at radius 3 is 1.77 bits per heavy atom. The molecule has 0 aliphatic heterocycles. The van der Waals surface area contributed by atoms with Crippen LogP contribution in [-0.2, 0) is 0 Å². The summed E-state index contributed by atoms with van der Waals surface area (Å²) >= 11 is 0. The molecule has 0 bridgehead atoms. The van der Waals surface area contributed by atoms with Gasteiger partial charge in [-0.2, -0.15) is 0 Å². The van der Waals surface area contributed by atoms with Crippen molar-refractivity contribution in [3.8, 4) is 33.4 Å². The highest BCUT2D eigenvalue weighted by Crippen LogP contribution is 2.51. The van der Waals surface area contributed by atoms with Crippen LogP contribution in [0.3, 0.4) is 0 Å². The molecular formula is C54H35NO. The van der Waals surface area contributed by atoms with Crippen molar-refractivity contribution in [1.82, 2.24) is 0 Å². The zero-order valence-corrected chi connectivity index (χ0v) is 30.6. The summed E-state index contributed by atoms with van der Waals surface area (Å²) in [6, 6.07) is 76.7. The number of hydrogen-bond acceptors (Lipinski definition) is 2. The third-order valence-electron chi connectivity index (χ3n) is 11.2. The maximum absolute atomic E-state index is 6.87. The van der Waals surface area contributed by atoms with Crippen LogP contribution in [0.2, 0.25) is 0 Å². The van der Waals surface area contributed by atoms with Gasteiger partial charge in [0.2, 0.25) is 0 Å². The van der Waals surface area contributed by atoms with Gasteiger partial charge in [-0.3, -0.25) is 0 Å². The topological polar surface area (TPSA) is 16.4 Å². The van der Waals surface area contributed by atoms with Crippen molar-refractivity contribution < 1.29 is 4.42 Å². The van der Waals surface area contributed by atoms with Gasteiger partial charge in [0.15, 0.2) is 5.58 Å². The monoisotopic (exact) mass is 713 g/mol. The minimum Gasteiger partial charge on any atom is -0.454 e. The van der Waals surface area contributed by atoms with E-state index in [9.17, 15) is 0 Å². The van der Waals surface area contributed by atoms with Gasteiger partial charge >= 0.3 is 0 Å². The summed E-state index contributed by atoms with van der Waals surface area (Å²) in [6.07, 6.45) is 0. The van der Waals surface area contributed by atoms with E-state index < -0.39 is 0 Å². The van der Waals surface area contributed by atoms with Crippen LogP contribution in [0.5, 0.6) is 0 Å². The average molecular weight is 714 g/mol. The third kappa shape index (κ3) is 5.26. The molecule has 0 saturated heterocycles. The zero-order valence-electron chi connectivity index (χ0n) is 30.6. The minimum absolute atomic E-state index is 0.849. The second kappa shape index (κ2) is 13.2. The van der Waals surface area contributed by atoms with Gasteiger partial charge < -0.3 is 9.32 Å². The molecule has 11 aromatic rings. The highest BCUT2D eigenvalue weighted by Gasteiger charge is 2.26. The van der Waals surface area contributed by atoms with E-state index in [1.165, 1.54) is 43.4 Å². The van der Waals surface area contributed by atoms with Crippen molar-refractivity contribution in [2.24, 2.45) is 0 Å². The molecule has 0 unspecified atom stereocenters. The van der Waals surface area contributed by atoms with Crippen LogP contribution in [0.4, 0.5) is 17.1 Å². The molecule has 0 amide bonds. The number of furan rings is 1. The Morgan fingerprint density at radius 2 is 0.911 bits per heavy atom. The molecule has 2 nitrogen and oxygen atoms in total. The molecule has 0 saturated carbocycles. The Morgan fingerprint density at radius 1 is 0.304 bits per heavy atom. The molecule has 2 heteroatoms. The molecule has 10 aromatic carbocycles. The highest BCUT2D eigenvalue weighted by molar-refractivity contribution is 6.14. The highest BCUT2D eigenvalue weighted by atomic mass is 16.3. The lowest BCUT2D eigenvalue weighted by atomic mass is 9.91. The summed E-state index contributed by atoms with van der Waals surface area (Å²) in [7, 11) is 0. The van der Waals surface area contributed by atoms with Crippen LogP contribution in [-0.4, -0.2) is 0 Å². The summed E-state index contributed by atoms with van der Waals surface area (Å²) in [5.41, 5.74) is 11.8. The fourth-order valence-corrected chi connectivity index (χ4v) is 8.61. The Balaban J connectivity index is 1.28. The van der Waals surface area contributed by atoms with Crippen LogP contribution in [0, 0.1) is 0 Å². The number of fused-ring (bicyclic) bond motifs is 6. The normalized spacial score (nSPS) is 11.6. The van der Waals surface area contributed by atoms with Gasteiger partial charge in [0, 0.05) is 21.9 Å². The lowest BCUT2D eigenvalue weighted by Crippen LogP contribution is -2.13. The Bertz CT molecular complexity index is 3260. The number of hydrogen-bond donors (Lipinski definition) is 0. The minimum atomic E-state index is 0.849. The number of rotatable bonds is 6. The van der Waals surface area contributed by atoms with Crippen molar-refractivity contribution in [2.75, 3.05) is 4.90 Å². The molecule has 56 heavy (non-hydrogen) atoms.